The van der Waals surface area contributed by atoms with Crippen molar-refractivity contribution in [2.45, 2.75) is 51.1 Å². The molecule has 1 amide bonds. The maximum atomic E-state index is 12.3. The van der Waals surface area contributed by atoms with Gasteiger partial charge in [-0.1, -0.05) is 30.3 Å². The van der Waals surface area contributed by atoms with Gasteiger partial charge in [0.1, 0.15) is 12.1 Å². The Bertz CT molecular complexity index is 761. The van der Waals surface area contributed by atoms with E-state index in [-0.39, 0.29) is 18.4 Å². The van der Waals surface area contributed by atoms with E-state index in [0.717, 1.165) is 25.7 Å². The summed E-state index contributed by atoms with van der Waals surface area (Å²) in [7, 11) is 0. The highest BCUT2D eigenvalue weighted by Crippen LogP contribution is 2.39. The average molecular weight is 338 g/mol. The minimum Gasteiger partial charge on any atom is -0.336 e. The molecule has 0 unspecified atom stereocenters. The summed E-state index contributed by atoms with van der Waals surface area (Å²) < 4.78 is 1.52. The van der Waals surface area contributed by atoms with Gasteiger partial charge in [0.15, 0.2) is 5.82 Å². The standard InChI is InChI=1S/C18H22N6O/c1-18(13-19,15-10-11-15)20-17(25)12-24-16(21-22-23-24)9-5-8-14-6-3-2-4-7-14/h2-4,6-7,15H,5,8-12H2,1H3,(H,20,25)/t18-/m0/s1. The van der Waals surface area contributed by atoms with E-state index in [1.54, 1.807) is 6.92 Å². The summed E-state index contributed by atoms with van der Waals surface area (Å²) in [5.41, 5.74) is 0.479. The van der Waals surface area contributed by atoms with Crippen LogP contribution in [0.4, 0.5) is 0 Å². The number of nitrogens with zero attached hydrogens (tertiary/aromatic N) is 5. The number of tetrazole rings is 1. The van der Waals surface area contributed by atoms with Gasteiger partial charge in [0.25, 0.3) is 0 Å². The zero-order chi connectivity index (χ0) is 17.7. The Labute approximate surface area is 147 Å². The average Bonchev–Trinajstić information content (AvgIpc) is 3.39. The van der Waals surface area contributed by atoms with Crippen LogP contribution in [-0.4, -0.2) is 31.7 Å². The molecule has 0 aliphatic heterocycles. The summed E-state index contributed by atoms with van der Waals surface area (Å²) in [5.74, 6) is 0.712. The van der Waals surface area contributed by atoms with Crippen molar-refractivity contribution in [2.75, 3.05) is 0 Å². The van der Waals surface area contributed by atoms with Crippen molar-refractivity contribution in [3.05, 3.63) is 41.7 Å². The first-order chi connectivity index (χ1) is 12.1. The molecule has 1 heterocycles. The number of aryl methyl sites for hydroxylation is 2. The third kappa shape index (κ3) is 4.41. The van der Waals surface area contributed by atoms with E-state index in [9.17, 15) is 10.1 Å². The number of rotatable bonds is 8. The molecule has 7 heteroatoms. The lowest BCUT2D eigenvalue weighted by Gasteiger charge is -2.22. The van der Waals surface area contributed by atoms with Gasteiger partial charge in [-0.3, -0.25) is 4.79 Å². The lowest BCUT2D eigenvalue weighted by molar-refractivity contribution is -0.123. The van der Waals surface area contributed by atoms with Gasteiger partial charge in [0.05, 0.1) is 6.07 Å². The Balaban J connectivity index is 1.53. The van der Waals surface area contributed by atoms with E-state index in [0.29, 0.717) is 12.2 Å². The van der Waals surface area contributed by atoms with Crippen LogP contribution < -0.4 is 5.32 Å². The molecule has 1 aromatic carbocycles. The van der Waals surface area contributed by atoms with Gasteiger partial charge in [0.2, 0.25) is 5.91 Å². The van der Waals surface area contributed by atoms with Crippen LogP contribution >= 0.6 is 0 Å². The summed E-state index contributed by atoms with van der Waals surface area (Å²) in [6.07, 6.45) is 4.52. The topological polar surface area (TPSA) is 96.5 Å². The quantitative estimate of drug-likeness (QED) is 0.789. The van der Waals surface area contributed by atoms with Gasteiger partial charge in [-0.15, -0.1) is 5.10 Å². The lowest BCUT2D eigenvalue weighted by Crippen LogP contribution is -2.48. The first-order valence-electron chi connectivity index (χ1n) is 8.62. The number of carbonyl (C=O) groups excluding carboxylic acids is 1. The van der Waals surface area contributed by atoms with Crippen LogP contribution in [0.15, 0.2) is 30.3 Å². The van der Waals surface area contributed by atoms with Crippen LogP contribution in [0.2, 0.25) is 0 Å². The SMILES string of the molecule is C[C@@](C#N)(NC(=O)Cn1nnnc1CCCc1ccccc1)C1CC1. The van der Waals surface area contributed by atoms with Gasteiger partial charge < -0.3 is 5.32 Å². The van der Waals surface area contributed by atoms with Gasteiger partial charge in [0, 0.05) is 6.42 Å². The molecular formula is C18H22N6O. The molecule has 0 bridgehead atoms. The lowest BCUT2D eigenvalue weighted by atomic mass is 9.98. The maximum absolute atomic E-state index is 12.3. The van der Waals surface area contributed by atoms with Crippen LogP contribution in [0.1, 0.15) is 37.6 Å². The molecule has 2 aromatic rings. The molecule has 1 N–H and O–H groups in total. The number of amides is 1. The molecule has 1 aliphatic carbocycles. The number of carbonyl (C=O) groups is 1. The van der Waals surface area contributed by atoms with E-state index in [4.69, 9.17) is 0 Å². The third-order valence-corrected chi connectivity index (χ3v) is 4.63. The number of hydrogen-bond acceptors (Lipinski definition) is 5. The van der Waals surface area contributed by atoms with Crippen LogP contribution in [-0.2, 0) is 24.2 Å². The Kier molecular flexibility index (Phi) is 5.08. The first-order valence-corrected chi connectivity index (χ1v) is 8.62. The molecule has 1 aromatic heterocycles. The Morgan fingerprint density at radius 1 is 1.36 bits per heavy atom. The zero-order valence-electron chi connectivity index (χ0n) is 14.4. The fraction of sp³-hybridized carbons (Fsp3) is 0.500. The van der Waals surface area contributed by atoms with Gasteiger partial charge in [-0.2, -0.15) is 5.26 Å². The molecule has 130 valence electrons. The van der Waals surface area contributed by atoms with Crippen molar-refractivity contribution in [3.63, 3.8) is 0 Å². The highest BCUT2D eigenvalue weighted by Gasteiger charge is 2.43. The first kappa shape index (κ1) is 17.1. The van der Waals surface area contributed by atoms with E-state index in [1.165, 1.54) is 10.2 Å². The second-order valence-electron chi connectivity index (χ2n) is 6.73. The van der Waals surface area contributed by atoms with Crippen molar-refractivity contribution in [2.24, 2.45) is 5.92 Å². The number of nitriles is 1. The summed E-state index contributed by atoms with van der Waals surface area (Å²) in [6, 6.07) is 12.5. The molecule has 7 nitrogen and oxygen atoms in total. The Morgan fingerprint density at radius 3 is 2.80 bits per heavy atom. The number of hydrogen-bond donors (Lipinski definition) is 1. The fourth-order valence-electron chi connectivity index (χ4n) is 2.97. The van der Waals surface area contributed by atoms with E-state index in [2.05, 4.69) is 39.0 Å². The number of nitrogens with one attached hydrogen (secondary N) is 1. The molecular weight excluding hydrogens is 316 g/mol. The minimum absolute atomic E-state index is 0.0393. The van der Waals surface area contributed by atoms with Crippen molar-refractivity contribution >= 4 is 5.91 Å². The van der Waals surface area contributed by atoms with Gasteiger partial charge >= 0.3 is 0 Å². The van der Waals surface area contributed by atoms with Crippen molar-refractivity contribution < 1.29 is 4.79 Å². The van der Waals surface area contributed by atoms with Crippen LogP contribution in [0.3, 0.4) is 0 Å². The van der Waals surface area contributed by atoms with Crippen LogP contribution in [0, 0.1) is 17.2 Å². The summed E-state index contributed by atoms with van der Waals surface area (Å²) in [4.78, 5) is 12.3. The highest BCUT2D eigenvalue weighted by atomic mass is 16.2. The van der Waals surface area contributed by atoms with E-state index in [1.807, 2.05) is 18.2 Å². The molecule has 1 saturated carbocycles. The second-order valence-corrected chi connectivity index (χ2v) is 6.73. The molecule has 3 rings (SSSR count). The zero-order valence-corrected chi connectivity index (χ0v) is 14.4. The molecule has 25 heavy (non-hydrogen) atoms. The fourth-order valence-corrected chi connectivity index (χ4v) is 2.97. The molecule has 0 radical (unpaired) electrons. The molecule has 0 saturated heterocycles. The predicted molar refractivity (Wildman–Crippen MR) is 91.2 cm³/mol. The van der Waals surface area contributed by atoms with Crippen LogP contribution in [0.25, 0.3) is 0 Å². The monoisotopic (exact) mass is 338 g/mol. The largest absolute Gasteiger partial charge is 0.336 e. The maximum Gasteiger partial charge on any atom is 0.243 e. The Hall–Kier alpha value is -2.75. The van der Waals surface area contributed by atoms with Gasteiger partial charge in [-0.05, 0) is 54.5 Å². The second kappa shape index (κ2) is 7.43. The molecule has 1 aliphatic rings. The summed E-state index contributed by atoms with van der Waals surface area (Å²) >= 11 is 0. The third-order valence-electron chi connectivity index (χ3n) is 4.63. The molecule has 1 fully saturated rings. The smallest absolute Gasteiger partial charge is 0.243 e. The van der Waals surface area contributed by atoms with Gasteiger partial charge in [-0.25, -0.2) is 4.68 Å². The molecule has 1 atom stereocenters. The van der Waals surface area contributed by atoms with E-state index < -0.39 is 5.54 Å². The molecule has 0 spiro atoms. The minimum atomic E-state index is -0.793. The van der Waals surface area contributed by atoms with Crippen molar-refractivity contribution in [1.82, 2.24) is 25.5 Å². The summed E-state index contributed by atoms with van der Waals surface area (Å²) in [5, 5.41) is 23.8. The summed E-state index contributed by atoms with van der Waals surface area (Å²) in [6.45, 7) is 1.82. The van der Waals surface area contributed by atoms with Crippen LogP contribution in [0.5, 0.6) is 0 Å². The number of benzene rings is 1. The van der Waals surface area contributed by atoms with E-state index >= 15 is 0 Å². The number of aromatic nitrogens is 4. The predicted octanol–water partition coefficient (Wildman–Crippen LogP) is 1.66. The van der Waals surface area contributed by atoms with Crippen molar-refractivity contribution in [1.29, 1.82) is 5.26 Å². The van der Waals surface area contributed by atoms with Crippen molar-refractivity contribution in [3.8, 4) is 6.07 Å². The normalized spacial score (nSPS) is 16.0. The highest BCUT2D eigenvalue weighted by molar-refractivity contribution is 5.77. The Morgan fingerprint density at radius 2 is 2.12 bits per heavy atom.